The minimum absolute atomic E-state index is 0. The van der Waals surface area contributed by atoms with E-state index in [1.807, 2.05) is 0 Å². The van der Waals surface area contributed by atoms with Gasteiger partial charge >= 0.3 is 35.5 Å². The second kappa shape index (κ2) is 5.01. The number of hydrogen-bond acceptors (Lipinski definition) is 3. The Balaban J connectivity index is 0. The summed E-state index contributed by atoms with van der Waals surface area (Å²) < 4.78 is 0. The third-order valence-corrected chi connectivity index (χ3v) is 1.32. The van der Waals surface area contributed by atoms with Gasteiger partial charge in [0, 0.05) is 5.56 Å². The van der Waals surface area contributed by atoms with E-state index in [1.54, 1.807) is 0 Å². The maximum absolute atomic E-state index is 10.8. The molecule has 5 heteroatoms. The summed E-state index contributed by atoms with van der Waals surface area (Å²) in [5.41, 5.74) is 0.0558. The minimum Gasteiger partial charge on any atom is -1.00 e. The van der Waals surface area contributed by atoms with E-state index < -0.39 is 11.8 Å². The van der Waals surface area contributed by atoms with Crippen molar-refractivity contribution in [1.82, 2.24) is 0 Å². The summed E-state index contributed by atoms with van der Waals surface area (Å²) in [6, 6.07) is 5.03. The van der Waals surface area contributed by atoms with Crippen molar-refractivity contribution < 1.29 is 50.8 Å². The van der Waals surface area contributed by atoms with Crippen LogP contribution >= 0.6 is 0 Å². The van der Waals surface area contributed by atoms with E-state index in [9.17, 15) is 9.59 Å². The topological polar surface area (TPSA) is 74.6 Å². The van der Waals surface area contributed by atoms with Crippen molar-refractivity contribution >= 4 is 11.8 Å². The summed E-state index contributed by atoms with van der Waals surface area (Å²) in [4.78, 5) is 20.9. The van der Waals surface area contributed by atoms with Crippen molar-refractivity contribution in [3.8, 4) is 5.75 Å². The Kier molecular flexibility index (Phi) is 4.69. The molecule has 1 rings (SSSR count). The van der Waals surface area contributed by atoms with E-state index in [2.05, 4.69) is 0 Å². The van der Waals surface area contributed by atoms with E-state index in [0.29, 0.717) is 0 Å². The zero-order chi connectivity index (χ0) is 9.14. The largest absolute Gasteiger partial charge is 1.00 e. The Labute approximate surface area is 98.0 Å². The molecule has 0 saturated carbocycles. The molecule has 13 heavy (non-hydrogen) atoms. The molecule has 0 spiro atoms. The van der Waals surface area contributed by atoms with Crippen LogP contribution in [0.5, 0.6) is 5.75 Å². The first-order valence-corrected chi connectivity index (χ1v) is 3.18. The fraction of sp³-hybridized carbons (Fsp3) is 0. The van der Waals surface area contributed by atoms with Crippen LogP contribution in [0.3, 0.4) is 0 Å². The number of rotatable bonds is 2. The molecule has 0 bridgehead atoms. The molecule has 0 aliphatic carbocycles. The number of aliphatic carboxylic acids is 1. The smallest absolute Gasteiger partial charge is 1.00 e. The third kappa shape index (κ3) is 3.18. The van der Waals surface area contributed by atoms with E-state index in [4.69, 9.17) is 10.2 Å². The summed E-state index contributed by atoms with van der Waals surface area (Å²) in [6.07, 6.45) is 0. The molecular weight excluding hydrogens is 183 g/mol. The van der Waals surface area contributed by atoms with Gasteiger partial charge in [-0.15, -0.1) is 0 Å². The Hall–Kier alpha value is -0.840. The van der Waals surface area contributed by atoms with Gasteiger partial charge in [0.25, 0.3) is 5.78 Å². The molecule has 0 aliphatic rings. The number of benzene rings is 1. The van der Waals surface area contributed by atoms with Gasteiger partial charge in [-0.05, 0) is 24.3 Å². The van der Waals surface area contributed by atoms with Crippen LogP contribution in [-0.2, 0) is 4.79 Å². The fourth-order valence-electron chi connectivity index (χ4n) is 0.736. The number of hydrogen-bond donors (Lipinski definition) is 2. The Morgan fingerprint density at radius 2 is 1.62 bits per heavy atom. The molecular formula is C8H7NaO4. The van der Waals surface area contributed by atoms with Gasteiger partial charge in [-0.25, -0.2) is 4.79 Å². The molecule has 0 radical (unpaired) electrons. The second-order valence-corrected chi connectivity index (χ2v) is 2.18. The van der Waals surface area contributed by atoms with Crippen LogP contribution in [0.15, 0.2) is 24.3 Å². The predicted octanol–water partition coefficient (Wildman–Crippen LogP) is -2.22. The van der Waals surface area contributed by atoms with Crippen molar-refractivity contribution in [3.63, 3.8) is 0 Å². The Morgan fingerprint density at radius 3 is 2.00 bits per heavy atom. The molecule has 0 heterocycles. The monoisotopic (exact) mass is 190 g/mol. The van der Waals surface area contributed by atoms with Gasteiger partial charge in [-0.1, -0.05) is 0 Å². The molecule has 0 fully saturated rings. The number of phenols is 1. The molecule has 2 N–H and O–H groups in total. The summed E-state index contributed by atoms with van der Waals surface area (Å²) >= 11 is 0. The van der Waals surface area contributed by atoms with Crippen LogP contribution < -0.4 is 29.6 Å². The van der Waals surface area contributed by atoms with Gasteiger partial charge in [0.15, 0.2) is 0 Å². The Morgan fingerprint density at radius 1 is 1.15 bits per heavy atom. The zero-order valence-electron chi connectivity index (χ0n) is 8.02. The molecule has 0 atom stereocenters. The number of Topliss-reactive ketones (excluding diaryl/α,β-unsaturated/α-hetero) is 1. The fourth-order valence-corrected chi connectivity index (χ4v) is 0.736. The van der Waals surface area contributed by atoms with Crippen molar-refractivity contribution in [3.05, 3.63) is 29.8 Å². The van der Waals surface area contributed by atoms with E-state index in [1.165, 1.54) is 24.3 Å². The quantitative estimate of drug-likeness (QED) is 0.314. The van der Waals surface area contributed by atoms with Gasteiger partial charge in [0.05, 0.1) is 0 Å². The van der Waals surface area contributed by atoms with E-state index in [-0.39, 0.29) is 42.3 Å². The first-order valence-electron chi connectivity index (χ1n) is 3.18. The average Bonchev–Trinajstić information content (AvgIpc) is 2.04. The average molecular weight is 190 g/mol. The van der Waals surface area contributed by atoms with Crippen molar-refractivity contribution in [1.29, 1.82) is 0 Å². The first kappa shape index (κ1) is 12.2. The molecule has 1 aromatic rings. The number of carbonyl (C=O) groups excluding carboxylic acids is 1. The van der Waals surface area contributed by atoms with Gasteiger partial charge in [-0.2, -0.15) is 0 Å². The third-order valence-electron chi connectivity index (χ3n) is 1.32. The Bertz CT molecular complexity index is 323. The van der Waals surface area contributed by atoms with Crippen LogP contribution in [0.2, 0.25) is 0 Å². The second-order valence-electron chi connectivity index (χ2n) is 2.18. The number of ketones is 1. The molecule has 0 amide bonds. The molecule has 0 aliphatic heterocycles. The van der Waals surface area contributed by atoms with Crippen LogP contribution in [0.1, 0.15) is 11.8 Å². The van der Waals surface area contributed by atoms with E-state index >= 15 is 0 Å². The molecule has 64 valence electrons. The zero-order valence-corrected chi connectivity index (χ0v) is 9.02. The van der Waals surface area contributed by atoms with Gasteiger partial charge < -0.3 is 11.6 Å². The van der Waals surface area contributed by atoms with Crippen LogP contribution in [-0.4, -0.2) is 22.0 Å². The maximum Gasteiger partial charge on any atom is 1.00 e. The summed E-state index contributed by atoms with van der Waals surface area (Å²) in [5, 5.41) is 17.1. The number of carboxylic acid groups (broad SMARTS) is 1. The maximum atomic E-state index is 10.8. The number of carboxylic acids is 1. The molecule has 4 nitrogen and oxygen atoms in total. The summed E-state index contributed by atoms with van der Waals surface area (Å²) in [6.45, 7) is 0. The van der Waals surface area contributed by atoms with Crippen LogP contribution in [0, 0.1) is 0 Å². The first-order chi connectivity index (χ1) is 5.61. The normalized spacial score (nSPS) is 8.62. The van der Waals surface area contributed by atoms with Crippen molar-refractivity contribution in [2.45, 2.75) is 0 Å². The number of carbonyl (C=O) groups is 2. The SMILES string of the molecule is O=C(O)C(=O)c1ccc(O)cc1.[H-].[Na+]. The standard InChI is InChI=1S/C8H6O4.Na.H/c9-6-3-1-5(2-4-6)7(10)8(11)12;;/h1-4,9H,(H,11,12);;/q;+1;-1. The molecule has 0 unspecified atom stereocenters. The van der Waals surface area contributed by atoms with Gasteiger partial charge in [-0.3, -0.25) is 4.79 Å². The van der Waals surface area contributed by atoms with Gasteiger partial charge in [0.2, 0.25) is 0 Å². The molecule has 0 aromatic heterocycles. The molecule has 1 aromatic carbocycles. The number of aromatic hydroxyl groups is 1. The van der Waals surface area contributed by atoms with E-state index in [0.717, 1.165) is 0 Å². The van der Waals surface area contributed by atoms with Crippen LogP contribution in [0.25, 0.3) is 0 Å². The summed E-state index contributed by atoms with van der Waals surface area (Å²) in [5.74, 6) is -2.48. The predicted molar refractivity (Wildman–Crippen MR) is 41.2 cm³/mol. The minimum atomic E-state index is -1.50. The van der Waals surface area contributed by atoms with Crippen molar-refractivity contribution in [2.24, 2.45) is 0 Å². The van der Waals surface area contributed by atoms with Crippen LogP contribution in [0.4, 0.5) is 0 Å². The number of phenolic OH excluding ortho intramolecular Hbond substituents is 1. The summed E-state index contributed by atoms with van der Waals surface area (Å²) in [7, 11) is 0. The van der Waals surface area contributed by atoms with Gasteiger partial charge in [0.1, 0.15) is 5.75 Å². The molecule has 0 saturated heterocycles. The van der Waals surface area contributed by atoms with Crippen molar-refractivity contribution in [2.75, 3.05) is 0 Å².